The number of benzene rings is 1. The van der Waals surface area contributed by atoms with E-state index in [2.05, 4.69) is 73.4 Å². The van der Waals surface area contributed by atoms with Crippen LogP contribution in [0.15, 0.2) is 30.3 Å². The second-order valence-corrected chi connectivity index (χ2v) is 6.25. The molecule has 3 nitrogen and oxygen atoms in total. The molecule has 1 saturated heterocycles. The van der Waals surface area contributed by atoms with Crippen molar-refractivity contribution in [2.45, 2.75) is 44.8 Å². The molecule has 1 fully saturated rings. The number of nitrogens with zero attached hydrogens (tertiary/aromatic N) is 2. The smallest absolute Gasteiger partial charge is 0.0472 e. The fourth-order valence-electron chi connectivity index (χ4n) is 3.56. The van der Waals surface area contributed by atoms with E-state index < -0.39 is 0 Å². The fourth-order valence-corrected chi connectivity index (χ4v) is 3.56. The lowest BCUT2D eigenvalue weighted by Gasteiger charge is -2.41. The first-order valence-electron chi connectivity index (χ1n) is 8.33. The van der Waals surface area contributed by atoms with Crippen LogP contribution < -0.4 is 5.32 Å². The first-order chi connectivity index (χ1) is 10.2. The maximum absolute atomic E-state index is 3.51. The number of likely N-dealkylation sites (tertiary alicyclic amines) is 1. The van der Waals surface area contributed by atoms with Crippen LogP contribution in [-0.2, 0) is 0 Å². The normalized spacial score (nSPS) is 20.6. The third-order valence-electron chi connectivity index (χ3n) is 5.17. The summed E-state index contributed by atoms with van der Waals surface area (Å²) in [6, 6.07) is 12.4. The SMILES string of the molecule is CCN1CCC(N(C)C(C)C(NC)c2ccccc2)CC1. The van der Waals surface area contributed by atoms with Crippen molar-refractivity contribution < 1.29 is 0 Å². The summed E-state index contributed by atoms with van der Waals surface area (Å²) in [6.45, 7) is 8.29. The summed E-state index contributed by atoms with van der Waals surface area (Å²) in [5.41, 5.74) is 1.38. The zero-order valence-electron chi connectivity index (χ0n) is 14.0. The van der Waals surface area contributed by atoms with Crippen molar-refractivity contribution in [2.75, 3.05) is 33.7 Å². The van der Waals surface area contributed by atoms with Crippen LogP contribution in [0.1, 0.15) is 38.3 Å². The highest BCUT2D eigenvalue weighted by atomic mass is 15.2. The average molecular weight is 289 g/mol. The van der Waals surface area contributed by atoms with Gasteiger partial charge in [-0.3, -0.25) is 4.90 Å². The molecule has 3 heteroatoms. The number of piperidine rings is 1. The van der Waals surface area contributed by atoms with Gasteiger partial charge >= 0.3 is 0 Å². The Labute approximate surface area is 130 Å². The molecule has 2 unspecified atom stereocenters. The van der Waals surface area contributed by atoms with E-state index in [0.717, 1.165) is 0 Å². The molecule has 1 heterocycles. The molecule has 0 radical (unpaired) electrons. The van der Waals surface area contributed by atoms with Gasteiger partial charge in [0, 0.05) is 18.1 Å². The second-order valence-electron chi connectivity index (χ2n) is 6.25. The number of likely N-dealkylation sites (N-methyl/N-ethyl adjacent to an activating group) is 2. The Morgan fingerprint density at radius 1 is 1.24 bits per heavy atom. The summed E-state index contributed by atoms with van der Waals surface area (Å²) < 4.78 is 0. The van der Waals surface area contributed by atoms with Gasteiger partial charge in [0.2, 0.25) is 0 Å². The van der Waals surface area contributed by atoms with Crippen molar-refractivity contribution in [1.29, 1.82) is 0 Å². The lowest BCUT2D eigenvalue weighted by molar-refractivity contribution is 0.0896. The minimum absolute atomic E-state index is 0.389. The Morgan fingerprint density at radius 3 is 2.38 bits per heavy atom. The van der Waals surface area contributed by atoms with E-state index in [0.29, 0.717) is 18.1 Å². The van der Waals surface area contributed by atoms with Gasteiger partial charge in [0.15, 0.2) is 0 Å². The summed E-state index contributed by atoms with van der Waals surface area (Å²) in [6.07, 6.45) is 2.58. The minimum Gasteiger partial charge on any atom is -0.312 e. The summed E-state index contributed by atoms with van der Waals surface area (Å²) >= 11 is 0. The molecule has 0 bridgehead atoms. The predicted molar refractivity (Wildman–Crippen MR) is 90.6 cm³/mol. The van der Waals surface area contributed by atoms with Gasteiger partial charge in [-0.25, -0.2) is 0 Å². The van der Waals surface area contributed by atoms with Gasteiger partial charge in [-0.1, -0.05) is 37.3 Å². The van der Waals surface area contributed by atoms with Gasteiger partial charge < -0.3 is 10.2 Å². The molecule has 0 aromatic heterocycles. The third-order valence-corrected chi connectivity index (χ3v) is 5.17. The van der Waals surface area contributed by atoms with Crippen LogP contribution in [-0.4, -0.2) is 55.6 Å². The van der Waals surface area contributed by atoms with Gasteiger partial charge in [-0.15, -0.1) is 0 Å². The quantitative estimate of drug-likeness (QED) is 0.869. The van der Waals surface area contributed by atoms with Gasteiger partial charge in [0.25, 0.3) is 0 Å². The van der Waals surface area contributed by atoms with Crippen molar-refractivity contribution in [1.82, 2.24) is 15.1 Å². The van der Waals surface area contributed by atoms with Gasteiger partial charge in [0.1, 0.15) is 0 Å². The molecule has 2 rings (SSSR count). The number of rotatable bonds is 6. The fraction of sp³-hybridized carbons (Fsp3) is 0.667. The Kier molecular flexibility index (Phi) is 6.22. The average Bonchev–Trinajstić information content (AvgIpc) is 2.56. The second kappa shape index (κ2) is 7.92. The van der Waals surface area contributed by atoms with Crippen molar-refractivity contribution in [3.63, 3.8) is 0 Å². The van der Waals surface area contributed by atoms with Crippen LogP contribution in [0.4, 0.5) is 0 Å². The summed E-state index contributed by atoms with van der Waals surface area (Å²) in [5, 5.41) is 3.51. The van der Waals surface area contributed by atoms with Crippen LogP contribution in [0.3, 0.4) is 0 Å². The van der Waals surface area contributed by atoms with E-state index >= 15 is 0 Å². The van der Waals surface area contributed by atoms with Crippen LogP contribution >= 0.6 is 0 Å². The van der Waals surface area contributed by atoms with E-state index in [-0.39, 0.29) is 0 Å². The lowest BCUT2D eigenvalue weighted by atomic mass is 9.96. The van der Waals surface area contributed by atoms with E-state index in [1.54, 1.807) is 0 Å². The maximum Gasteiger partial charge on any atom is 0.0472 e. The number of nitrogens with one attached hydrogen (secondary N) is 1. The molecule has 1 aromatic carbocycles. The van der Waals surface area contributed by atoms with E-state index in [4.69, 9.17) is 0 Å². The minimum atomic E-state index is 0.389. The highest BCUT2D eigenvalue weighted by molar-refractivity contribution is 5.20. The molecule has 1 aliphatic rings. The molecule has 0 spiro atoms. The first-order valence-corrected chi connectivity index (χ1v) is 8.33. The lowest BCUT2D eigenvalue weighted by Crippen LogP contribution is -2.49. The van der Waals surface area contributed by atoms with E-state index in [1.807, 2.05) is 0 Å². The van der Waals surface area contributed by atoms with Crippen LogP contribution in [0.25, 0.3) is 0 Å². The van der Waals surface area contributed by atoms with Crippen molar-refractivity contribution >= 4 is 0 Å². The van der Waals surface area contributed by atoms with Crippen LogP contribution in [0.5, 0.6) is 0 Å². The molecule has 1 aromatic rings. The van der Waals surface area contributed by atoms with Crippen LogP contribution in [0, 0.1) is 0 Å². The largest absolute Gasteiger partial charge is 0.312 e. The Morgan fingerprint density at radius 2 is 1.86 bits per heavy atom. The summed E-state index contributed by atoms with van der Waals surface area (Å²) in [4.78, 5) is 5.14. The molecule has 21 heavy (non-hydrogen) atoms. The van der Waals surface area contributed by atoms with Crippen molar-refractivity contribution in [3.05, 3.63) is 35.9 Å². The number of hydrogen-bond acceptors (Lipinski definition) is 3. The topological polar surface area (TPSA) is 18.5 Å². The first kappa shape index (κ1) is 16.5. The zero-order chi connectivity index (χ0) is 15.2. The molecule has 0 amide bonds. The summed E-state index contributed by atoms with van der Waals surface area (Å²) in [5.74, 6) is 0. The van der Waals surface area contributed by atoms with Gasteiger partial charge in [0.05, 0.1) is 0 Å². The van der Waals surface area contributed by atoms with Gasteiger partial charge in [-0.2, -0.15) is 0 Å². The molecule has 0 aliphatic carbocycles. The molecule has 1 aliphatic heterocycles. The monoisotopic (exact) mass is 289 g/mol. The Balaban J connectivity index is 1.99. The molecule has 118 valence electrons. The molecule has 2 atom stereocenters. The van der Waals surface area contributed by atoms with Crippen molar-refractivity contribution in [2.24, 2.45) is 0 Å². The zero-order valence-corrected chi connectivity index (χ0v) is 14.0. The predicted octanol–water partition coefficient (Wildman–Crippen LogP) is 2.75. The van der Waals surface area contributed by atoms with E-state index in [9.17, 15) is 0 Å². The highest BCUT2D eigenvalue weighted by Gasteiger charge is 2.28. The van der Waals surface area contributed by atoms with Crippen LogP contribution in [0.2, 0.25) is 0 Å². The summed E-state index contributed by atoms with van der Waals surface area (Å²) in [7, 11) is 4.37. The van der Waals surface area contributed by atoms with Gasteiger partial charge in [-0.05, 0) is 59.1 Å². The molecular weight excluding hydrogens is 258 g/mol. The Hall–Kier alpha value is -0.900. The molecular formula is C18H31N3. The standard InChI is InChI=1S/C18H31N3/c1-5-21-13-11-17(12-14-21)20(4)15(2)18(19-3)16-9-7-6-8-10-16/h6-10,15,17-19H,5,11-14H2,1-4H3. The number of hydrogen-bond donors (Lipinski definition) is 1. The molecule has 1 N–H and O–H groups in total. The Bertz CT molecular complexity index is 398. The highest BCUT2D eigenvalue weighted by Crippen LogP contribution is 2.24. The molecule has 0 saturated carbocycles. The van der Waals surface area contributed by atoms with E-state index in [1.165, 1.54) is 38.0 Å². The maximum atomic E-state index is 3.51. The van der Waals surface area contributed by atoms with Crippen molar-refractivity contribution in [3.8, 4) is 0 Å². The third kappa shape index (κ3) is 4.06.